The highest BCUT2D eigenvalue weighted by molar-refractivity contribution is 6.08. The highest BCUT2D eigenvalue weighted by Crippen LogP contribution is 2.50. The summed E-state index contributed by atoms with van der Waals surface area (Å²) in [5.74, 6) is 1.22. The summed E-state index contributed by atoms with van der Waals surface area (Å²) in [5, 5.41) is 2.46. The highest BCUT2D eigenvalue weighted by Gasteiger charge is 2.41. The first-order valence-electron chi connectivity index (χ1n) is 11.4. The lowest BCUT2D eigenvalue weighted by molar-refractivity contribution is 0.104. The lowest BCUT2D eigenvalue weighted by Crippen LogP contribution is -2.27. The fourth-order valence-corrected chi connectivity index (χ4v) is 4.91. The van der Waals surface area contributed by atoms with Crippen molar-refractivity contribution in [1.82, 2.24) is 0 Å². The molecule has 0 amide bonds. The second-order valence-corrected chi connectivity index (χ2v) is 8.86. The SMILES string of the molecule is CCN1/C(=C/C(=O)c2ccccc2Oc2ccccc2)C(C)(C)c2c1ccc1ccccc21. The molecule has 1 heterocycles. The molecule has 0 spiro atoms. The number of allylic oxidation sites excluding steroid dienone is 2. The number of hydrogen-bond acceptors (Lipinski definition) is 3. The molecule has 33 heavy (non-hydrogen) atoms. The van der Waals surface area contributed by atoms with Gasteiger partial charge < -0.3 is 9.64 Å². The van der Waals surface area contributed by atoms with E-state index in [1.54, 1.807) is 6.08 Å². The lowest BCUT2D eigenvalue weighted by atomic mass is 9.80. The third kappa shape index (κ3) is 3.60. The number of likely N-dealkylation sites (N-methyl/N-ethyl adjacent to an activating group) is 1. The van der Waals surface area contributed by atoms with Crippen LogP contribution in [0.2, 0.25) is 0 Å². The van der Waals surface area contributed by atoms with Gasteiger partial charge in [-0.1, -0.05) is 74.5 Å². The Morgan fingerprint density at radius 2 is 1.58 bits per heavy atom. The number of carbonyl (C=O) groups excluding carboxylic acids is 1. The zero-order chi connectivity index (χ0) is 23.0. The van der Waals surface area contributed by atoms with Crippen molar-refractivity contribution in [3.63, 3.8) is 0 Å². The van der Waals surface area contributed by atoms with Crippen LogP contribution in [-0.4, -0.2) is 12.3 Å². The second-order valence-electron chi connectivity index (χ2n) is 8.86. The van der Waals surface area contributed by atoms with Gasteiger partial charge in [0.2, 0.25) is 0 Å². The number of fused-ring (bicyclic) bond motifs is 3. The molecule has 3 heteroatoms. The number of ether oxygens (including phenoxy) is 1. The van der Waals surface area contributed by atoms with Crippen molar-refractivity contribution in [3.05, 3.63) is 114 Å². The molecule has 0 aromatic heterocycles. The largest absolute Gasteiger partial charge is 0.457 e. The normalized spacial score (nSPS) is 15.6. The van der Waals surface area contributed by atoms with Crippen molar-refractivity contribution in [2.24, 2.45) is 0 Å². The number of carbonyl (C=O) groups is 1. The molecular formula is C30H27NO2. The Bertz CT molecular complexity index is 1370. The van der Waals surface area contributed by atoms with Gasteiger partial charge >= 0.3 is 0 Å². The van der Waals surface area contributed by atoms with E-state index in [0.717, 1.165) is 12.2 Å². The number of para-hydroxylation sites is 2. The van der Waals surface area contributed by atoms with Crippen molar-refractivity contribution in [1.29, 1.82) is 0 Å². The van der Waals surface area contributed by atoms with Crippen molar-refractivity contribution < 1.29 is 9.53 Å². The molecule has 3 nitrogen and oxygen atoms in total. The van der Waals surface area contributed by atoms with Crippen LogP contribution in [0.3, 0.4) is 0 Å². The van der Waals surface area contributed by atoms with Crippen molar-refractivity contribution in [2.75, 3.05) is 11.4 Å². The molecule has 0 saturated carbocycles. The van der Waals surface area contributed by atoms with Gasteiger partial charge in [0, 0.05) is 29.4 Å². The quantitative estimate of drug-likeness (QED) is 0.241. The first-order chi connectivity index (χ1) is 16.0. The number of ketones is 1. The Morgan fingerprint density at radius 1 is 0.879 bits per heavy atom. The maximum atomic E-state index is 13.6. The van der Waals surface area contributed by atoms with E-state index in [-0.39, 0.29) is 11.2 Å². The zero-order valence-corrected chi connectivity index (χ0v) is 19.2. The Morgan fingerprint density at radius 3 is 2.36 bits per heavy atom. The first kappa shape index (κ1) is 21.0. The second kappa shape index (κ2) is 8.25. The molecular weight excluding hydrogens is 406 g/mol. The van der Waals surface area contributed by atoms with Gasteiger partial charge in [0.1, 0.15) is 11.5 Å². The Balaban J connectivity index is 1.58. The van der Waals surface area contributed by atoms with Gasteiger partial charge in [-0.05, 0) is 53.6 Å². The van der Waals surface area contributed by atoms with Crippen LogP contribution < -0.4 is 9.64 Å². The molecule has 0 saturated heterocycles. The summed E-state index contributed by atoms with van der Waals surface area (Å²) in [6.45, 7) is 7.33. The van der Waals surface area contributed by atoms with Crippen molar-refractivity contribution >= 4 is 22.2 Å². The number of anilines is 1. The zero-order valence-electron chi connectivity index (χ0n) is 19.2. The summed E-state index contributed by atoms with van der Waals surface area (Å²) in [7, 11) is 0. The topological polar surface area (TPSA) is 29.5 Å². The molecule has 0 aliphatic carbocycles. The minimum atomic E-state index is -0.308. The lowest BCUT2D eigenvalue weighted by Gasteiger charge is -2.26. The average molecular weight is 434 g/mol. The van der Waals surface area contributed by atoms with E-state index < -0.39 is 0 Å². The maximum absolute atomic E-state index is 13.6. The Labute approximate surface area is 194 Å². The van der Waals surface area contributed by atoms with Gasteiger partial charge in [0.15, 0.2) is 5.78 Å². The fourth-order valence-electron chi connectivity index (χ4n) is 4.91. The van der Waals surface area contributed by atoms with Gasteiger partial charge in [-0.15, -0.1) is 0 Å². The van der Waals surface area contributed by atoms with E-state index in [4.69, 9.17) is 4.74 Å². The molecule has 1 aliphatic rings. The predicted octanol–water partition coefficient (Wildman–Crippen LogP) is 7.52. The highest BCUT2D eigenvalue weighted by atomic mass is 16.5. The molecule has 0 unspecified atom stereocenters. The third-order valence-electron chi connectivity index (χ3n) is 6.46. The third-order valence-corrected chi connectivity index (χ3v) is 6.46. The maximum Gasteiger partial charge on any atom is 0.191 e. The van der Waals surface area contributed by atoms with E-state index in [1.807, 2.05) is 54.6 Å². The molecule has 5 rings (SSSR count). The van der Waals surface area contributed by atoms with Gasteiger partial charge in [-0.2, -0.15) is 0 Å². The van der Waals surface area contributed by atoms with Crippen LogP contribution in [0.15, 0.2) is 103 Å². The van der Waals surface area contributed by atoms with E-state index in [0.29, 0.717) is 17.1 Å². The van der Waals surface area contributed by atoms with Crippen LogP contribution >= 0.6 is 0 Å². The van der Waals surface area contributed by atoms with Gasteiger partial charge in [-0.25, -0.2) is 0 Å². The Hall–Kier alpha value is -3.85. The predicted molar refractivity (Wildman–Crippen MR) is 135 cm³/mol. The van der Waals surface area contributed by atoms with Crippen molar-refractivity contribution in [3.8, 4) is 11.5 Å². The number of rotatable bonds is 5. The van der Waals surface area contributed by atoms with Crippen molar-refractivity contribution in [2.45, 2.75) is 26.2 Å². The van der Waals surface area contributed by atoms with Crippen LogP contribution in [0, 0.1) is 0 Å². The average Bonchev–Trinajstić information content (AvgIpc) is 3.06. The summed E-state index contributed by atoms with van der Waals surface area (Å²) < 4.78 is 6.06. The van der Waals surface area contributed by atoms with Crippen LogP contribution in [0.4, 0.5) is 5.69 Å². The summed E-state index contributed by atoms with van der Waals surface area (Å²) >= 11 is 0. The number of nitrogens with zero attached hydrogens (tertiary/aromatic N) is 1. The molecule has 164 valence electrons. The molecule has 0 atom stereocenters. The fraction of sp³-hybridized carbons (Fsp3) is 0.167. The molecule has 4 aromatic carbocycles. The van der Waals surface area contributed by atoms with Crippen LogP contribution in [0.1, 0.15) is 36.7 Å². The Kier molecular flexibility index (Phi) is 5.26. The first-order valence-corrected chi connectivity index (χ1v) is 11.4. The van der Waals surface area contributed by atoms with E-state index in [1.165, 1.54) is 22.0 Å². The number of benzene rings is 4. The monoisotopic (exact) mass is 433 g/mol. The molecule has 0 fully saturated rings. The van der Waals surface area contributed by atoms with Crippen LogP contribution in [-0.2, 0) is 5.41 Å². The van der Waals surface area contributed by atoms with E-state index >= 15 is 0 Å². The number of hydrogen-bond donors (Lipinski definition) is 0. The van der Waals surface area contributed by atoms with E-state index in [9.17, 15) is 4.79 Å². The molecule has 0 radical (unpaired) electrons. The van der Waals surface area contributed by atoms with Crippen LogP contribution in [0.5, 0.6) is 11.5 Å². The summed E-state index contributed by atoms with van der Waals surface area (Å²) in [4.78, 5) is 15.9. The smallest absolute Gasteiger partial charge is 0.191 e. The molecule has 0 N–H and O–H groups in total. The van der Waals surface area contributed by atoms with Crippen LogP contribution in [0.25, 0.3) is 10.8 Å². The molecule has 0 bridgehead atoms. The van der Waals surface area contributed by atoms with Gasteiger partial charge in [0.05, 0.1) is 5.56 Å². The molecule has 4 aromatic rings. The van der Waals surface area contributed by atoms with Gasteiger partial charge in [-0.3, -0.25) is 4.79 Å². The summed E-state index contributed by atoms with van der Waals surface area (Å²) in [6.07, 6.45) is 1.80. The molecule has 1 aliphatic heterocycles. The van der Waals surface area contributed by atoms with E-state index in [2.05, 4.69) is 62.1 Å². The summed E-state index contributed by atoms with van der Waals surface area (Å²) in [5.41, 5.74) is 3.71. The minimum absolute atomic E-state index is 0.0554. The van der Waals surface area contributed by atoms with Gasteiger partial charge in [0.25, 0.3) is 0 Å². The summed E-state index contributed by atoms with van der Waals surface area (Å²) in [6, 6.07) is 29.8. The standard InChI is InChI=1S/C30H27NO2/c1-4-31-25-19-18-21-12-8-9-15-23(21)29(25)30(2,3)28(31)20-26(32)24-16-10-11-17-27(24)33-22-13-6-5-7-14-22/h5-20H,4H2,1-3H3/b28-20+. The minimum Gasteiger partial charge on any atom is -0.457 e.